The number of aryl methyl sites for hydroxylation is 3. The smallest absolute Gasteiger partial charge is 0.408 e. The summed E-state index contributed by atoms with van der Waals surface area (Å²) in [4.78, 5) is 53.2. The van der Waals surface area contributed by atoms with Crippen LogP contribution in [-0.4, -0.2) is 44.3 Å². The zero-order valence-corrected chi connectivity index (χ0v) is 27.1. The molecule has 10 nitrogen and oxygen atoms in total. The summed E-state index contributed by atoms with van der Waals surface area (Å²) in [6.45, 7) is 15.0. The van der Waals surface area contributed by atoms with Crippen molar-refractivity contribution in [1.29, 1.82) is 0 Å². The van der Waals surface area contributed by atoms with E-state index in [1.165, 1.54) is 0 Å². The minimum Gasteiger partial charge on any atom is -0.480 e. The molecule has 0 aliphatic carbocycles. The summed E-state index contributed by atoms with van der Waals surface area (Å²) >= 11 is 0. The highest BCUT2D eigenvalue weighted by atomic mass is 16.6. The summed E-state index contributed by atoms with van der Waals surface area (Å²) in [6.07, 6.45) is 1.31. The van der Waals surface area contributed by atoms with Gasteiger partial charge in [-0.3, -0.25) is 9.59 Å². The second kappa shape index (κ2) is 13.0. The van der Waals surface area contributed by atoms with Crippen molar-refractivity contribution >= 4 is 28.9 Å². The number of ether oxygens (including phenoxy) is 1. The number of amides is 2. The van der Waals surface area contributed by atoms with Gasteiger partial charge in [-0.1, -0.05) is 24.3 Å². The number of carbonyl (C=O) groups excluding carboxylic acids is 2. The number of hydrogen-bond acceptors (Lipinski definition) is 5. The predicted octanol–water partition coefficient (Wildman–Crippen LogP) is 5.95. The first-order chi connectivity index (χ1) is 21.0. The van der Waals surface area contributed by atoms with Gasteiger partial charge in [-0.15, -0.1) is 0 Å². The van der Waals surface area contributed by atoms with Crippen molar-refractivity contribution in [2.75, 3.05) is 0 Å². The third kappa shape index (κ3) is 7.81. The third-order valence-electron chi connectivity index (χ3n) is 7.56. The Bertz CT molecular complexity index is 1810. The van der Waals surface area contributed by atoms with Gasteiger partial charge in [-0.05, 0) is 101 Å². The van der Waals surface area contributed by atoms with Crippen LogP contribution >= 0.6 is 0 Å². The van der Waals surface area contributed by atoms with Crippen LogP contribution < -0.4 is 16.2 Å². The van der Waals surface area contributed by atoms with Crippen molar-refractivity contribution in [3.63, 3.8) is 0 Å². The molecule has 0 aliphatic rings. The Labute approximate surface area is 262 Å². The molecule has 10 heteroatoms. The fourth-order valence-corrected chi connectivity index (χ4v) is 5.44. The predicted molar refractivity (Wildman–Crippen MR) is 175 cm³/mol. The molecular weight excluding hydrogens is 572 g/mol. The van der Waals surface area contributed by atoms with E-state index < -0.39 is 23.7 Å². The second-order valence-corrected chi connectivity index (χ2v) is 12.8. The number of aromatic amines is 1. The summed E-state index contributed by atoms with van der Waals surface area (Å²) < 4.78 is 7.35. The van der Waals surface area contributed by atoms with Gasteiger partial charge >= 0.3 is 12.1 Å². The van der Waals surface area contributed by atoms with E-state index in [9.17, 15) is 24.3 Å². The fraction of sp³-hybridized carbons (Fsp3) is 0.371. The van der Waals surface area contributed by atoms with Crippen molar-refractivity contribution in [1.82, 2.24) is 20.2 Å². The molecule has 1 atom stereocenters. The standard InChI is InChI=1S/C35H42N4O6/c1-19(2)39-18-21(4)30-26(31(40)36-17-27-20(3)13-22(5)37-32(27)41)15-25(16-29(30)39)24-11-9-23(10-12-24)14-28(33(42)43)38-34(44)45-35(6,7)8/h9-13,15-16,18-19,28H,14,17H2,1-8H3,(H,36,40)(H,37,41)(H,38,44)(H,42,43). The average molecular weight is 615 g/mol. The number of aromatic nitrogens is 2. The molecule has 2 aromatic heterocycles. The van der Waals surface area contributed by atoms with Gasteiger partial charge in [0, 0.05) is 52.9 Å². The summed E-state index contributed by atoms with van der Waals surface area (Å²) in [5, 5.41) is 15.9. The van der Waals surface area contributed by atoms with Gasteiger partial charge in [0.05, 0.1) is 0 Å². The fourth-order valence-electron chi connectivity index (χ4n) is 5.44. The Morgan fingerprint density at radius 1 is 0.978 bits per heavy atom. The van der Waals surface area contributed by atoms with E-state index in [2.05, 4.69) is 34.0 Å². The van der Waals surface area contributed by atoms with Crippen LogP contribution in [-0.2, 0) is 22.5 Å². The summed E-state index contributed by atoms with van der Waals surface area (Å²) in [7, 11) is 0. The van der Waals surface area contributed by atoms with Gasteiger partial charge in [0.15, 0.2) is 0 Å². The Morgan fingerprint density at radius 2 is 1.64 bits per heavy atom. The minimum atomic E-state index is -1.17. The first-order valence-electron chi connectivity index (χ1n) is 15.0. The largest absolute Gasteiger partial charge is 0.480 e. The van der Waals surface area contributed by atoms with E-state index in [1.54, 1.807) is 20.8 Å². The molecule has 0 aliphatic heterocycles. The number of rotatable bonds is 9. The Kier molecular flexibility index (Phi) is 9.56. The van der Waals surface area contributed by atoms with Crippen LogP contribution in [0, 0.1) is 20.8 Å². The van der Waals surface area contributed by atoms with E-state index in [0.717, 1.165) is 38.9 Å². The molecule has 0 spiro atoms. The lowest BCUT2D eigenvalue weighted by Gasteiger charge is -2.22. The third-order valence-corrected chi connectivity index (χ3v) is 7.56. The van der Waals surface area contributed by atoms with Crippen molar-refractivity contribution in [2.45, 2.75) is 86.0 Å². The maximum Gasteiger partial charge on any atom is 0.408 e. The van der Waals surface area contributed by atoms with E-state index >= 15 is 0 Å². The highest BCUT2D eigenvalue weighted by molar-refractivity contribution is 6.09. The Hall–Kier alpha value is -4.86. The number of pyridine rings is 1. The number of H-pyrrole nitrogens is 1. The average Bonchev–Trinajstić information content (AvgIpc) is 3.27. The number of carboxylic acids is 1. The van der Waals surface area contributed by atoms with Crippen LogP contribution in [0.4, 0.5) is 4.79 Å². The molecule has 0 radical (unpaired) electrons. The molecule has 2 heterocycles. The van der Waals surface area contributed by atoms with E-state index in [-0.39, 0.29) is 30.5 Å². The van der Waals surface area contributed by atoms with Crippen molar-refractivity contribution in [3.05, 3.63) is 92.5 Å². The number of benzene rings is 2. The maximum atomic E-state index is 13.7. The number of carboxylic acid groups (broad SMARTS) is 1. The molecule has 4 aromatic rings. The molecule has 2 amide bonds. The van der Waals surface area contributed by atoms with Gasteiger partial charge in [0.2, 0.25) is 0 Å². The molecular formula is C35H42N4O6. The Balaban J connectivity index is 1.66. The molecule has 0 fully saturated rings. The van der Waals surface area contributed by atoms with Crippen molar-refractivity contribution in [3.8, 4) is 11.1 Å². The number of alkyl carbamates (subject to hydrolysis) is 1. The monoisotopic (exact) mass is 614 g/mol. The summed E-state index contributed by atoms with van der Waals surface area (Å²) in [5.74, 6) is -1.46. The highest BCUT2D eigenvalue weighted by Gasteiger charge is 2.25. The maximum absolute atomic E-state index is 13.7. The molecule has 238 valence electrons. The molecule has 4 rings (SSSR count). The molecule has 2 aromatic carbocycles. The van der Waals surface area contributed by atoms with E-state index in [0.29, 0.717) is 16.7 Å². The molecule has 0 saturated carbocycles. The molecule has 45 heavy (non-hydrogen) atoms. The van der Waals surface area contributed by atoms with Crippen molar-refractivity contribution < 1.29 is 24.2 Å². The number of fused-ring (bicyclic) bond motifs is 1. The van der Waals surface area contributed by atoms with Gasteiger partial charge in [0.1, 0.15) is 11.6 Å². The van der Waals surface area contributed by atoms with Crippen LogP contribution in [0.2, 0.25) is 0 Å². The molecule has 4 N–H and O–H groups in total. The topological polar surface area (TPSA) is 143 Å². The van der Waals surface area contributed by atoms with Crippen LogP contribution in [0.15, 0.2) is 53.5 Å². The van der Waals surface area contributed by atoms with Crippen LogP contribution in [0.5, 0.6) is 0 Å². The SMILES string of the molecule is Cc1cc(C)c(CNC(=O)c2cc(-c3ccc(CC(NC(=O)OC(C)(C)C)C(=O)O)cc3)cc3c2c(C)cn3C(C)C)c(=O)[nH]1. The normalized spacial score (nSPS) is 12.3. The van der Waals surface area contributed by atoms with E-state index in [4.69, 9.17) is 4.74 Å². The van der Waals surface area contributed by atoms with Crippen molar-refractivity contribution in [2.24, 2.45) is 0 Å². The lowest BCUT2D eigenvalue weighted by molar-refractivity contribution is -0.139. The quantitative estimate of drug-likeness (QED) is 0.183. The zero-order valence-electron chi connectivity index (χ0n) is 27.1. The number of nitrogens with one attached hydrogen (secondary N) is 3. The first kappa shape index (κ1) is 33.0. The van der Waals surface area contributed by atoms with Crippen LogP contribution in [0.1, 0.15) is 79.0 Å². The number of carbonyl (C=O) groups is 3. The number of aliphatic carboxylic acids is 1. The van der Waals surface area contributed by atoms with Gasteiger partial charge < -0.3 is 30.0 Å². The number of nitrogens with zero attached hydrogens (tertiary/aromatic N) is 1. The molecule has 0 bridgehead atoms. The summed E-state index contributed by atoms with van der Waals surface area (Å²) in [5.41, 5.74) is 5.83. The van der Waals surface area contributed by atoms with E-state index in [1.807, 2.05) is 69.4 Å². The van der Waals surface area contributed by atoms with Gasteiger partial charge in [0.25, 0.3) is 11.5 Å². The highest BCUT2D eigenvalue weighted by Crippen LogP contribution is 2.33. The molecule has 0 saturated heterocycles. The minimum absolute atomic E-state index is 0.0640. The lowest BCUT2D eigenvalue weighted by Crippen LogP contribution is -2.44. The lowest BCUT2D eigenvalue weighted by atomic mass is 9.96. The first-order valence-corrected chi connectivity index (χ1v) is 15.0. The zero-order chi connectivity index (χ0) is 33.2. The second-order valence-electron chi connectivity index (χ2n) is 12.8. The van der Waals surface area contributed by atoms with Crippen LogP contribution in [0.25, 0.3) is 22.0 Å². The Morgan fingerprint density at radius 3 is 2.22 bits per heavy atom. The number of hydrogen-bond donors (Lipinski definition) is 4. The van der Waals surface area contributed by atoms with Gasteiger partial charge in [-0.25, -0.2) is 9.59 Å². The summed E-state index contributed by atoms with van der Waals surface area (Å²) in [6, 6.07) is 12.1. The van der Waals surface area contributed by atoms with Crippen LogP contribution in [0.3, 0.4) is 0 Å². The van der Waals surface area contributed by atoms with Gasteiger partial charge in [-0.2, -0.15) is 0 Å². The molecule has 1 unspecified atom stereocenters.